The van der Waals surface area contributed by atoms with Crippen LogP contribution < -0.4 is 4.90 Å². The van der Waals surface area contributed by atoms with Crippen molar-refractivity contribution in [3.63, 3.8) is 0 Å². The Morgan fingerprint density at radius 2 is 1.65 bits per heavy atom. The lowest BCUT2D eigenvalue weighted by Crippen LogP contribution is -2.29. The molecular formula is C23H15ClN2O5. The molecule has 1 atom stereocenters. The molecule has 1 heterocycles. The summed E-state index contributed by atoms with van der Waals surface area (Å²) in [5.74, 6) is -2.17. The van der Waals surface area contributed by atoms with Gasteiger partial charge in [-0.1, -0.05) is 54.1 Å². The molecule has 3 aromatic rings. The van der Waals surface area contributed by atoms with Crippen molar-refractivity contribution in [1.82, 2.24) is 0 Å². The molecular weight excluding hydrogens is 420 g/mol. The van der Waals surface area contributed by atoms with Crippen LogP contribution in [0.4, 0.5) is 11.4 Å². The number of nitro benzene ring substituents is 1. The summed E-state index contributed by atoms with van der Waals surface area (Å²) in [6, 6.07) is 19.5. The van der Waals surface area contributed by atoms with Crippen molar-refractivity contribution in [1.29, 1.82) is 0 Å². The number of halogens is 1. The molecule has 0 aromatic heterocycles. The van der Waals surface area contributed by atoms with Crippen LogP contribution in [0.25, 0.3) is 5.76 Å². The summed E-state index contributed by atoms with van der Waals surface area (Å²) in [6.07, 6.45) is 0. The molecule has 7 nitrogen and oxygen atoms in total. The highest BCUT2D eigenvalue weighted by Crippen LogP contribution is 2.42. The van der Waals surface area contributed by atoms with Crippen LogP contribution in [0, 0.1) is 10.1 Å². The van der Waals surface area contributed by atoms with Gasteiger partial charge in [0.2, 0.25) is 0 Å². The highest BCUT2D eigenvalue weighted by Gasteiger charge is 2.46. The number of nitrogens with zero attached hydrogens (tertiary/aromatic N) is 2. The van der Waals surface area contributed by atoms with Crippen LogP contribution in [0.2, 0.25) is 5.02 Å². The standard InChI is InChI=1S/C23H15ClN2O5/c24-16-11-9-14(10-12-16)20-19(21(27)15-5-4-8-18(13-15)26(30)31)22(28)23(29)25(20)17-6-2-1-3-7-17/h1-13,20,27H/b21-19-. The molecule has 1 N–H and O–H groups in total. The molecule has 1 unspecified atom stereocenters. The minimum absolute atomic E-state index is 0.0687. The van der Waals surface area contributed by atoms with Crippen LogP contribution in [0.15, 0.2) is 84.4 Å². The predicted octanol–water partition coefficient (Wildman–Crippen LogP) is 4.87. The van der Waals surface area contributed by atoms with E-state index in [4.69, 9.17) is 11.6 Å². The van der Waals surface area contributed by atoms with Crippen LogP contribution in [0.3, 0.4) is 0 Å². The number of aliphatic hydroxyl groups is 1. The molecule has 1 fully saturated rings. The number of rotatable bonds is 4. The third-order valence-electron chi connectivity index (χ3n) is 4.99. The van der Waals surface area contributed by atoms with E-state index in [0.29, 0.717) is 16.3 Å². The van der Waals surface area contributed by atoms with E-state index in [0.717, 1.165) is 6.07 Å². The zero-order valence-corrected chi connectivity index (χ0v) is 16.7. The van der Waals surface area contributed by atoms with Gasteiger partial charge >= 0.3 is 0 Å². The van der Waals surface area contributed by atoms with Gasteiger partial charge < -0.3 is 5.11 Å². The van der Waals surface area contributed by atoms with E-state index in [9.17, 15) is 24.8 Å². The number of nitro groups is 1. The van der Waals surface area contributed by atoms with Gasteiger partial charge in [-0.15, -0.1) is 0 Å². The number of non-ortho nitro benzene ring substituents is 1. The molecule has 1 amide bonds. The molecule has 1 aliphatic rings. The van der Waals surface area contributed by atoms with Gasteiger partial charge in [-0.2, -0.15) is 0 Å². The first kappa shape index (κ1) is 20.3. The third kappa shape index (κ3) is 3.67. The fourth-order valence-corrected chi connectivity index (χ4v) is 3.70. The summed E-state index contributed by atoms with van der Waals surface area (Å²) in [4.78, 5) is 37.8. The maximum absolute atomic E-state index is 13.0. The molecule has 4 rings (SSSR count). The first-order valence-corrected chi connectivity index (χ1v) is 9.62. The Hall–Kier alpha value is -3.97. The number of amides is 1. The fraction of sp³-hybridized carbons (Fsp3) is 0.0435. The van der Waals surface area contributed by atoms with Crippen molar-refractivity contribution >= 4 is 40.4 Å². The Kier molecular flexibility index (Phi) is 5.27. The Balaban J connectivity index is 1.94. The molecule has 0 spiro atoms. The quantitative estimate of drug-likeness (QED) is 0.207. The number of hydrogen-bond acceptors (Lipinski definition) is 5. The van der Waals surface area contributed by atoms with Gasteiger partial charge in [0.05, 0.1) is 16.5 Å². The number of ketones is 1. The largest absolute Gasteiger partial charge is 0.507 e. The zero-order chi connectivity index (χ0) is 22.1. The second-order valence-electron chi connectivity index (χ2n) is 6.86. The summed E-state index contributed by atoms with van der Waals surface area (Å²) in [7, 11) is 0. The highest BCUT2D eigenvalue weighted by atomic mass is 35.5. The van der Waals surface area contributed by atoms with Gasteiger partial charge in [-0.25, -0.2) is 0 Å². The first-order chi connectivity index (χ1) is 14.9. The molecule has 0 saturated carbocycles. The van der Waals surface area contributed by atoms with Crippen molar-refractivity contribution in [2.75, 3.05) is 4.90 Å². The SMILES string of the molecule is O=C1C(=O)N(c2ccccc2)C(c2ccc(Cl)cc2)/C1=C(/O)c1cccc([N+](=O)[O-])c1. The van der Waals surface area contributed by atoms with Crippen LogP contribution in [-0.2, 0) is 9.59 Å². The summed E-state index contributed by atoms with van der Waals surface area (Å²) in [5, 5.41) is 22.6. The Labute approximate surface area is 182 Å². The van der Waals surface area contributed by atoms with Crippen LogP contribution in [-0.4, -0.2) is 21.7 Å². The minimum Gasteiger partial charge on any atom is -0.507 e. The second kappa shape index (κ2) is 8.04. The molecule has 154 valence electrons. The van der Waals surface area contributed by atoms with Crippen molar-refractivity contribution in [3.8, 4) is 0 Å². The van der Waals surface area contributed by atoms with Crippen molar-refractivity contribution in [2.24, 2.45) is 0 Å². The van der Waals surface area contributed by atoms with Gasteiger partial charge in [0.1, 0.15) is 5.76 Å². The topological polar surface area (TPSA) is 101 Å². The number of benzene rings is 3. The lowest BCUT2D eigenvalue weighted by Gasteiger charge is -2.25. The van der Waals surface area contributed by atoms with Crippen LogP contribution in [0.5, 0.6) is 0 Å². The van der Waals surface area contributed by atoms with Crippen LogP contribution >= 0.6 is 11.6 Å². The number of aliphatic hydroxyl groups excluding tert-OH is 1. The second-order valence-corrected chi connectivity index (χ2v) is 7.30. The Bertz CT molecular complexity index is 1220. The predicted molar refractivity (Wildman–Crippen MR) is 116 cm³/mol. The average Bonchev–Trinajstić information content (AvgIpc) is 3.05. The van der Waals surface area contributed by atoms with E-state index < -0.39 is 28.4 Å². The smallest absolute Gasteiger partial charge is 0.300 e. The van der Waals surface area contributed by atoms with E-state index in [1.807, 2.05) is 0 Å². The lowest BCUT2D eigenvalue weighted by molar-refractivity contribution is -0.384. The molecule has 1 aliphatic heterocycles. The number of carbonyl (C=O) groups is 2. The maximum Gasteiger partial charge on any atom is 0.300 e. The average molecular weight is 435 g/mol. The normalized spacial score (nSPS) is 17.7. The molecule has 0 aliphatic carbocycles. The number of anilines is 1. The lowest BCUT2D eigenvalue weighted by atomic mass is 9.95. The van der Waals surface area contributed by atoms with Gasteiger partial charge in [-0.3, -0.25) is 24.6 Å². The van der Waals surface area contributed by atoms with E-state index in [1.54, 1.807) is 54.6 Å². The highest BCUT2D eigenvalue weighted by molar-refractivity contribution is 6.51. The molecule has 0 bridgehead atoms. The summed E-state index contributed by atoms with van der Waals surface area (Å²) in [5.41, 5.74) is 0.697. The Morgan fingerprint density at radius 3 is 2.29 bits per heavy atom. The van der Waals surface area contributed by atoms with Gasteiger partial charge in [0.15, 0.2) is 0 Å². The number of carbonyl (C=O) groups excluding carboxylic acids is 2. The first-order valence-electron chi connectivity index (χ1n) is 9.25. The zero-order valence-electron chi connectivity index (χ0n) is 15.9. The molecule has 31 heavy (non-hydrogen) atoms. The van der Waals surface area contributed by atoms with Gasteiger partial charge in [-0.05, 0) is 29.8 Å². The monoisotopic (exact) mass is 434 g/mol. The summed E-state index contributed by atoms with van der Waals surface area (Å²) < 4.78 is 0. The van der Waals surface area contributed by atoms with Gasteiger partial charge in [0, 0.05) is 28.4 Å². The number of para-hydroxylation sites is 1. The van der Waals surface area contributed by atoms with Gasteiger partial charge in [0.25, 0.3) is 17.4 Å². The molecule has 1 saturated heterocycles. The number of Topliss-reactive ketones (excluding diaryl/α,β-unsaturated/α-hetero) is 1. The van der Waals surface area contributed by atoms with E-state index in [-0.39, 0.29) is 16.8 Å². The van der Waals surface area contributed by atoms with Crippen molar-refractivity contribution < 1.29 is 19.6 Å². The van der Waals surface area contributed by atoms with Crippen molar-refractivity contribution in [2.45, 2.75) is 6.04 Å². The summed E-state index contributed by atoms with van der Waals surface area (Å²) >= 11 is 6.00. The maximum atomic E-state index is 13.0. The van der Waals surface area contributed by atoms with E-state index in [1.165, 1.54) is 23.1 Å². The molecule has 3 aromatic carbocycles. The van der Waals surface area contributed by atoms with E-state index in [2.05, 4.69) is 0 Å². The van der Waals surface area contributed by atoms with Crippen molar-refractivity contribution in [3.05, 3.63) is 111 Å². The molecule has 8 heteroatoms. The van der Waals surface area contributed by atoms with E-state index >= 15 is 0 Å². The Morgan fingerprint density at radius 1 is 0.968 bits per heavy atom. The number of hydrogen-bond donors (Lipinski definition) is 1. The molecule has 0 radical (unpaired) electrons. The summed E-state index contributed by atoms with van der Waals surface area (Å²) in [6.45, 7) is 0. The fourth-order valence-electron chi connectivity index (χ4n) is 3.57. The van der Waals surface area contributed by atoms with Crippen LogP contribution in [0.1, 0.15) is 17.2 Å². The minimum atomic E-state index is -0.932. The third-order valence-corrected chi connectivity index (χ3v) is 5.25.